The molecule has 0 aliphatic carbocycles. The van der Waals surface area contributed by atoms with E-state index in [0.29, 0.717) is 10.8 Å². The molecule has 0 atom stereocenters. The number of hydrogen-bond donors (Lipinski definition) is 0. The predicted octanol–water partition coefficient (Wildman–Crippen LogP) is 2.68. The van der Waals surface area contributed by atoms with Gasteiger partial charge in [-0.1, -0.05) is 26.0 Å². The lowest BCUT2D eigenvalue weighted by molar-refractivity contribution is 0.277. The van der Waals surface area contributed by atoms with Crippen molar-refractivity contribution < 1.29 is 8.42 Å². The van der Waals surface area contributed by atoms with E-state index in [1.54, 1.807) is 12.1 Å². The summed E-state index contributed by atoms with van der Waals surface area (Å²) in [6, 6.07) is 7.41. The Morgan fingerprint density at radius 3 is 2.11 bits per heavy atom. The van der Waals surface area contributed by atoms with Crippen molar-refractivity contribution in [3.05, 3.63) is 29.8 Å². The Morgan fingerprint density at radius 1 is 1.11 bits per heavy atom. The van der Waals surface area contributed by atoms with E-state index < -0.39 is 9.84 Å². The standard InChI is InChI=1S/C15H23NO2S/c1-12(2)13-4-6-14(7-5-13)19(17,18)15-8-10-16(3)11-9-15/h4-7,12,15H,8-11H2,1-3H3. The topological polar surface area (TPSA) is 37.4 Å². The molecule has 0 unspecified atom stereocenters. The quantitative estimate of drug-likeness (QED) is 0.855. The van der Waals surface area contributed by atoms with E-state index in [2.05, 4.69) is 18.7 Å². The van der Waals surface area contributed by atoms with E-state index in [1.807, 2.05) is 19.2 Å². The van der Waals surface area contributed by atoms with Crippen molar-refractivity contribution >= 4 is 9.84 Å². The number of rotatable bonds is 3. The van der Waals surface area contributed by atoms with Crippen LogP contribution < -0.4 is 0 Å². The van der Waals surface area contributed by atoms with Gasteiger partial charge in [0.1, 0.15) is 0 Å². The minimum absolute atomic E-state index is 0.214. The fourth-order valence-corrected chi connectivity index (χ4v) is 4.26. The largest absolute Gasteiger partial charge is 0.306 e. The summed E-state index contributed by atoms with van der Waals surface area (Å²) in [4.78, 5) is 2.67. The van der Waals surface area contributed by atoms with Gasteiger partial charge in [0, 0.05) is 0 Å². The molecule has 0 N–H and O–H groups in total. The van der Waals surface area contributed by atoms with Gasteiger partial charge >= 0.3 is 0 Å². The highest BCUT2D eigenvalue weighted by atomic mass is 32.2. The molecule has 106 valence electrons. The van der Waals surface area contributed by atoms with E-state index in [9.17, 15) is 8.42 Å². The van der Waals surface area contributed by atoms with Gasteiger partial charge in [-0.3, -0.25) is 0 Å². The Kier molecular flexibility index (Phi) is 4.31. The molecular formula is C15H23NO2S. The number of benzene rings is 1. The van der Waals surface area contributed by atoms with Crippen LogP contribution in [0.15, 0.2) is 29.2 Å². The monoisotopic (exact) mass is 281 g/mol. The van der Waals surface area contributed by atoms with Crippen LogP contribution in [0.25, 0.3) is 0 Å². The van der Waals surface area contributed by atoms with Gasteiger partial charge in [-0.2, -0.15) is 0 Å². The molecule has 3 nitrogen and oxygen atoms in total. The Morgan fingerprint density at radius 2 is 1.63 bits per heavy atom. The van der Waals surface area contributed by atoms with Crippen molar-refractivity contribution in [2.45, 2.75) is 42.8 Å². The Balaban J connectivity index is 2.19. The fourth-order valence-electron chi connectivity index (χ4n) is 2.53. The van der Waals surface area contributed by atoms with Crippen molar-refractivity contribution in [2.24, 2.45) is 0 Å². The minimum Gasteiger partial charge on any atom is -0.306 e. The highest BCUT2D eigenvalue weighted by Crippen LogP contribution is 2.25. The summed E-state index contributed by atoms with van der Waals surface area (Å²) in [5, 5.41) is -0.214. The first-order chi connectivity index (χ1) is 8.91. The maximum absolute atomic E-state index is 12.6. The number of hydrogen-bond acceptors (Lipinski definition) is 3. The third kappa shape index (κ3) is 3.18. The molecule has 0 amide bonds. The molecule has 0 radical (unpaired) electrons. The highest BCUT2D eigenvalue weighted by molar-refractivity contribution is 7.92. The van der Waals surface area contributed by atoms with Gasteiger partial charge in [0.25, 0.3) is 0 Å². The Labute approximate surface area is 116 Å². The molecular weight excluding hydrogens is 258 g/mol. The van der Waals surface area contributed by atoms with E-state index in [-0.39, 0.29) is 5.25 Å². The summed E-state index contributed by atoms with van der Waals surface area (Å²) in [6.07, 6.45) is 1.48. The summed E-state index contributed by atoms with van der Waals surface area (Å²) < 4.78 is 25.1. The van der Waals surface area contributed by atoms with Crippen LogP contribution in [0.4, 0.5) is 0 Å². The van der Waals surface area contributed by atoms with Crippen LogP contribution in [-0.4, -0.2) is 38.7 Å². The van der Waals surface area contributed by atoms with Gasteiger partial charge in [0.05, 0.1) is 10.1 Å². The predicted molar refractivity (Wildman–Crippen MR) is 78.2 cm³/mol. The summed E-state index contributed by atoms with van der Waals surface area (Å²) in [5.74, 6) is 0.431. The van der Waals surface area contributed by atoms with E-state index in [1.165, 1.54) is 5.56 Å². The third-order valence-corrected chi connectivity index (χ3v) is 6.26. The van der Waals surface area contributed by atoms with E-state index in [0.717, 1.165) is 25.9 Å². The molecule has 1 aliphatic rings. The lowest BCUT2D eigenvalue weighted by atomic mass is 10.0. The molecule has 4 heteroatoms. The number of nitrogens with zero attached hydrogens (tertiary/aromatic N) is 1. The van der Waals surface area contributed by atoms with Crippen molar-refractivity contribution in [1.29, 1.82) is 0 Å². The zero-order valence-electron chi connectivity index (χ0n) is 12.0. The van der Waals surface area contributed by atoms with E-state index in [4.69, 9.17) is 0 Å². The van der Waals surface area contributed by atoms with Gasteiger partial charge in [0.2, 0.25) is 0 Å². The molecule has 0 saturated carbocycles. The molecule has 1 aromatic rings. The molecule has 1 aliphatic heterocycles. The van der Waals surface area contributed by atoms with Crippen LogP contribution in [-0.2, 0) is 9.84 Å². The normalized spacial score (nSPS) is 18.9. The maximum atomic E-state index is 12.6. The van der Waals surface area contributed by atoms with Crippen LogP contribution in [0.5, 0.6) is 0 Å². The fraction of sp³-hybridized carbons (Fsp3) is 0.600. The van der Waals surface area contributed by atoms with Gasteiger partial charge < -0.3 is 4.90 Å². The number of piperidine rings is 1. The second-order valence-electron chi connectivity index (χ2n) is 5.77. The van der Waals surface area contributed by atoms with Crippen LogP contribution in [0, 0.1) is 0 Å². The summed E-state index contributed by atoms with van der Waals surface area (Å²) in [6.45, 7) is 5.96. The van der Waals surface area contributed by atoms with Gasteiger partial charge in [-0.15, -0.1) is 0 Å². The first kappa shape index (κ1) is 14.5. The Hall–Kier alpha value is -0.870. The first-order valence-electron chi connectivity index (χ1n) is 6.93. The second-order valence-corrected chi connectivity index (χ2v) is 8.00. The molecule has 0 spiro atoms. The summed E-state index contributed by atoms with van der Waals surface area (Å²) in [5.41, 5.74) is 1.18. The smallest absolute Gasteiger partial charge is 0.181 e. The van der Waals surface area contributed by atoms with Crippen molar-refractivity contribution in [3.63, 3.8) is 0 Å². The van der Waals surface area contributed by atoms with Crippen molar-refractivity contribution in [2.75, 3.05) is 20.1 Å². The number of likely N-dealkylation sites (tertiary alicyclic amines) is 1. The van der Waals surface area contributed by atoms with Gasteiger partial charge in [-0.25, -0.2) is 8.42 Å². The SMILES string of the molecule is CC(C)c1ccc(S(=O)(=O)C2CCN(C)CC2)cc1. The van der Waals surface area contributed by atoms with Crippen LogP contribution in [0.2, 0.25) is 0 Å². The average molecular weight is 281 g/mol. The molecule has 1 saturated heterocycles. The molecule has 0 bridgehead atoms. The second kappa shape index (κ2) is 5.63. The Bertz CT molecular complexity index is 512. The van der Waals surface area contributed by atoms with Crippen LogP contribution >= 0.6 is 0 Å². The molecule has 2 rings (SSSR count). The molecule has 19 heavy (non-hydrogen) atoms. The third-order valence-electron chi connectivity index (χ3n) is 3.98. The molecule has 0 aromatic heterocycles. The average Bonchev–Trinajstić information content (AvgIpc) is 2.39. The van der Waals surface area contributed by atoms with Gasteiger partial charge in [-0.05, 0) is 56.6 Å². The minimum atomic E-state index is -3.15. The zero-order chi connectivity index (χ0) is 14.0. The number of sulfone groups is 1. The first-order valence-corrected chi connectivity index (χ1v) is 8.48. The van der Waals surface area contributed by atoms with Gasteiger partial charge in [0.15, 0.2) is 9.84 Å². The zero-order valence-corrected chi connectivity index (χ0v) is 12.8. The summed E-state index contributed by atoms with van der Waals surface area (Å²) >= 11 is 0. The summed E-state index contributed by atoms with van der Waals surface area (Å²) in [7, 11) is -1.11. The molecule has 1 fully saturated rings. The molecule has 1 heterocycles. The van der Waals surface area contributed by atoms with E-state index >= 15 is 0 Å². The maximum Gasteiger partial charge on any atom is 0.181 e. The molecule has 1 aromatic carbocycles. The lowest BCUT2D eigenvalue weighted by Crippen LogP contribution is -2.37. The van der Waals surface area contributed by atoms with Crippen molar-refractivity contribution in [3.8, 4) is 0 Å². The van der Waals surface area contributed by atoms with Crippen molar-refractivity contribution in [1.82, 2.24) is 4.90 Å². The lowest BCUT2D eigenvalue weighted by Gasteiger charge is -2.28. The van der Waals surface area contributed by atoms with Crippen LogP contribution in [0.3, 0.4) is 0 Å². The highest BCUT2D eigenvalue weighted by Gasteiger charge is 2.30. The van der Waals surface area contributed by atoms with Crippen LogP contribution in [0.1, 0.15) is 38.2 Å².